The van der Waals surface area contributed by atoms with Crippen molar-refractivity contribution in [3.8, 4) is 0 Å². The first kappa shape index (κ1) is 23.3. The second-order valence-corrected chi connectivity index (χ2v) is 9.66. The number of likely N-dealkylation sites (tertiary alicyclic amines) is 1. The van der Waals surface area contributed by atoms with E-state index >= 15 is 0 Å². The number of nitrogens with one attached hydrogen (secondary N) is 1. The third-order valence-corrected chi connectivity index (χ3v) is 7.32. The Morgan fingerprint density at radius 2 is 1.46 bits per heavy atom. The van der Waals surface area contributed by atoms with E-state index < -0.39 is 0 Å². The third-order valence-electron chi connectivity index (χ3n) is 7.32. The Balaban J connectivity index is 1.09. The van der Waals surface area contributed by atoms with Gasteiger partial charge >= 0.3 is 0 Å². The van der Waals surface area contributed by atoms with Crippen molar-refractivity contribution in [3.63, 3.8) is 0 Å². The number of benzene rings is 3. The fourth-order valence-corrected chi connectivity index (χ4v) is 5.40. The van der Waals surface area contributed by atoms with E-state index in [0.29, 0.717) is 12.5 Å². The van der Waals surface area contributed by atoms with Crippen molar-refractivity contribution in [1.29, 1.82) is 0 Å². The minimum atomic E-state index is -0.0576. The number of nitrogens with zero attached hydrogens (tertiary/aromatic N) is 2. The van der Waals surface area contributed by atoms with Crippen LogP contribution in [0.5, 0.6) is 0 Å². The number of hydrogen-bond donors (Lipinski definition) is 1. The molecule has 180 valence electrons. The van der Waals surface area contributed by atoms with E-state index in [1.807, 2.05) is 24.3 Å². The van der Waals surface area contributed by atoms with Crippen LogP contribution in [0.25, 0.3) is 0 Å². The Labute approximate surface area is 207 Å². The number of rotatable bonds is 8. The highest BCUT2D eigenvalue weighted by atomic mass is 16.2. The molecule has 0 bridgehead atoms. The summed E-state index contributed by atoms with van der Waals surface area (Å²) in [6.07, 6.45) is 2.96. The highest BCUT2D eigenvalue weighted by Crippen LogP contribution is 2.28. The summed E-state index contributed by atoms with van der Waals surface area (Å²) in [5.41, 5.74) is 4.44. The highest BCUT2D eigenvalue weighted by Gasteiger charge is 2.29. The molecular weight excluding hydrogens is 434 g/mol. The van der Waals surface area contributed by atoms with Crippen LogP contribution in [0.2, 0.25) is 0 Å². The van der Waals surface area contributed by atoms with Crippen LogP contribution >= 0.6 is 0 Å². The number of fused-ring (bicyclic) bond motifs is 1. The first-order chi connectivity index (χ1) is 17.2. The lowest BCUT2D eigenvalue weighted by Crippen LogP contribution is -2.47. The normalized spacial score (nSPS) is 16.5. The molecule has 0 atom stereocenters. The Morgan fingerprint density at radius 1 is 0.857 bits per heavy atom. The summed E-state index contributed by atoms with van der Waals surface area (Å²) in [5.74, 6) is 0.284. The van der Waals surface area contributed by atoms with E-state index in [1.54, 1.807) is 4.90 Å². The Bertz CT molecular complexity index is 1100. The standard InChI is InChI=1S/C30H33N3O2/c34-29(22-33-21-25-13-7-8-14-28(25)30(33)35)31-26-15-18-32(19-16-26)20-17-27(23-9-3-1-4-10-23)24-11-5-2-6-12-24/h1-14,26-27H,15-22H2,(H,31,34). The molecule has 5 rings (SSSR count). The molecule has 1 saturated heterocycles. The van der Waals surface area contributed by atoms with Gasteiger partial charge in [0.1, 0.15) is 6.54 Å². The van der Waals surface area contributed by atoms with Crippen molar-refractivity contribution in [1.82, 2.24) is 15.1 Å². The van der Waals surface area contributed by atoms with E-state index in [1.165, 1.54) is 11.1 Å². The Kier molecular flexibility index (Phi) is 7.24. The molecule has 3 aromatic rings. The van der Waals surface area contributed by atoms with Gasteiger partial charge in [0.2, 0.25) is 5.91 Å². The second-order valence-electron chi connectivity index (χ2n) is 9.66. The van der Waals surface area contributed by atoms with Gasteiger partial charge in [-0.2, -0.15) is 0 Å². The molecule has 0 spiro atoms. The molecule has 1 fully saturated rings. The van der Waals surface area contributed by atoms with Gasteiger partial charge in [-0.25, -0.2) is 0 Å². The van der Waals surface area contributed by atoms with Crippen LogP contribution in [-0.2, 0) is 11.3 Å². The quantitative estimate of drug-likeness (QED) is 0.533. The second kappa shape index (κ2) is 10.9. The maximum absolute atomic E-state index is 12.7. The average Bonchev–Trinajstić information content (AvgIpc) is 3.21. The lowest BCUT2D eigenvalue weighted by atomic mass is 9.88. The fourth-order valence-electron chi connectivity index (χ4n) is 5.40. The summed E-state index contributed by atoms with van der Waals surface area (Å²) in [4.78, 5) is 29.4. The number of carbonyl (C=O) groups is 2. The monoisotopic (exact) mass is 467 g/mol. The lowest BCUT2D eigenvalue weighted by Gasteiger charge is -2.33. The number of amides is 2. The fraction of sp³-hybridized carbons (Fsp3) is 0.333. The Hall–Kier alpha value is -3.44. The van der Waals surface area contributed by atoms with Crippen molar-refractivity contribution in [3.05, 3.63) is 107 Å². The summed E-state index contributed by atoms with van der Waals surface area (Å²) >= 11 is 0. The minimum Gasteiger partial charge on any atom is -0.352 e. The van der Waals surface area contributed by atoms with Gasteiger partial charge in [-0.05, 0) is 48.6 Å². The zero-order chi connectivity index (χ0) is 24.0. The number of piperidine rings is 1. The molecule has 5 heteroatoms. The van der Waals surface area contributed by atoms with Gasteiger partial charge in [0.05, 0.1) is 0 Å². The maximum atomic E-state index is 12.7. The van der Waals surface area contributed by atoms with Crippen molar-refractivity contribution in [2.75, 3.05) is 26.2 Å². The van der Waals surface area contributed by atoms with E-state index in [4.69, 9.17) is 0 Å². The molecule has 2 heterocycles. The van der Waals surface area contributed by atoms with Crippen LogP contribution in [0.1, 0.15) is 52.2 Å². The summed E-state index contributed by atoms with van der Waals surface area (Å²) in [6.45, 7) is 3.65. The van der Waals surface area contributed by atoms with E-state index in [0.717, 1.165) is 50.0 Å². The van der Waals surface area contributed by atoms with Gasteiger partial charge in [0, 0.05) is 37.2 Å². The van der Waals surface area contributed by atoms with Crippen molar-refractivity contribution < 1.29 is 9.59 Å². The van der Waals surface area contributed by atoms with Crippen LogP contribution in [0.3, 0.4) is 0 Å². The average molecular weight is 468 g/mol. The van der Waals surface area contributed by atoms with Crippen molar-refractivity contribution >= 4 is 11.8 Å². The lowest BCUT2D eigenvalue weighted by molar-refractivity contribution is -0.122. The molecule has 2 aliphatic heterocycles. The molecule has 35 heavy (non-hydrogen) atoms. The number of carbonyl (C=O) groups excluding carboxylic acids is 2. The van der Waals surface area contributed by atoms with Crippen molar-refractivity contribution in [2.45, 2.75) is 37.8 Å². The van der Waals surface area contributed by atoms with Gasteiger partial charge in [-0.15, -0.1) is 0 Å². The molecule has 0 radical (unpaired) electrons. The maximum Gasteiger partial charge on any atom is 0.254 e. The summed E-state index contributed by atoms with van der Waals surface area (Å²) in [7, 11) is 0. The molecule has 0 saturated carbocycles. The summed E-state index contributed by atoms with van der Waals surface area (Å²) < 4.78 is 0. The first-order valence-electron chi connectivity index (χ1n) is 12.7. The van der Waals surface area contributed by atoms with Crippen LogP contribution < -0.4 is 5.32 Å². The molecule has 5 nitrogen and oxygen atoms in total. The zero-order valence-electron chi connectivity index (χ0n) is 20.1. The molecule has 1 N–H and O–H groups in total. The van der Waals surface area contributed by atoms with Crippen LogP contribution in [0.4, 0.5) is 0 Å². The van der Waals surface area contributed by atoms with Gasteiger partial charge in [-0.3, -0.25) is 9.59 Å². The molecule has 2 amide bonds. The molecular formula is C30H33N3O2. The summed E-state index contributed by atoms with van der Waals surface area (Å²) in [6, 6.07) is 29.3. The Morgan fingerprint density at radius 3 is 2.09 bits per heavy atom. The largest absolute Gasteiger partial charge is 0.352 e. The predicted octanol–water partition coefficient (Wildman–Crippen LogP) is 4.45. The number of hydrogen-bond acceptors (Lipinski definition) is 3. The SMILES string of the molecule is O=C(CN1Cc2ccccc2C1=O)NC1CCN(CCC(c2ccccc2)c2ccccc2)CC1. The summed E-state index contributed by atoms with van der Waals surface area (Å²) in [5, 5.41) is 3.17. The smallest absolute Gasteiger partial charge is 0.254 e. The topological polar surface area (TPSA) is 52.7 Å². The van der Waals surface area contributed by atoms with Crippen LogP contribution in [0, 0.1) is 0 Å². The first-order valence-corrected chi connectivity index (χ1v) is 12.7. The molecule has 0 aromatic heterocycles. The molecule has 2 aliphatic rings. The van der Waals surface area contributed by atoms with Gasteiger partial charge in [0.15, 0.2) is 0 Å². The van der Waals surface area contributed by atoms with Gasteiger partial charge in [0.25, 0.3) is 5.91 Å². The zero-order valence-corrected chi connectivity index (χ0v) is 20.1. The highest BCUT2D eigenvalue weighted by molar-refractivity contribution is 6.00. The van der Waals surface area contributed by atoms with Gasteiger partial charge < -0.3 is 15.1 Å². The minimum absolute atomic E-state index is 0.0445. The van der Waals surface area contributed by atoms with E-state index in [-0.39, 0.29) is 24.4 Å². The van der Waals surface area contributed by atoms with Gasteiger partial charge in [-0.1, -0.05) is 78.9 Å². The van der Waals surface area contributed by atoms with E-state index in [2.05, 4.69) is 70.9 Å². The van der Waals surface area contributed by atoms with Crippen LogP contribution in [0.15, 0.2) is 84.9 Å². The van der Waals surface area contributed by atoms with Crippen LogP contribution in [-0.4, -0.2) is 53.8 Å². The predicted molar refractivity (Wildman–Crippen MR) is 138 cm³/mol. The molecule has 0 aliphatic carbocycles. The van der Waals surface area contributed by atoms with E-state index in [9.17, 15) is 9.59 Å². The van der Waals surface area contributed by atoms with Crippen molar-refractivity contribution in [2.24, 2.45) is 0 Å². The third kappa shape index (κ3) is 5.63. The molecule has 0 unspecified atom stereocenters. The molecule has 3 aromatic carbocycles.